The van der Waals surface area contributed by atoms with Crippen LogP contribution < -0.4 is 0 Å². The van der Waals surface area contributed by atoms with Gasteiger partial charge < -0.3 is 9.63 Å². The molecule has 1 heterocycles. The van der Waals surface area contributed by atoms with Crippen molar-refractivity contribution in [3.63, 3.8) is 0 Å². The van der Waals surface area contributed by atoms with Crippen LogP contribution in [0.3, 0.4) is 0 Å². The molecule has 0 unspecified atom stereocenters. The molecular formula is C21H31NO2. The quantitative estimate of drug-likeness (QED) is 0.768. The monoisotopic (exact) mass is 329 g/mol. The van der Waals surface area contributed by atoms with Crippen molar-refractivity contribution in [3.05, 3.63) is 17.5 Å². The molecule has 3 fully saturated rings. The van der Waals surface area contributed by atoms with E-state index in [2.05, 4.69) is 25.9 Å². The lowest BCUT2D eigenvalue weighted by molar-refractivity contribution is -0.139. The molecule has 0 spiro atoms. The highest BCUT2D eigenvalue weighted by atomic mass is 16.5. The summed E-state index contributed by atoms with van der Waals surface area (Å²) in [5.74, 6) is 3.10. The second-order valence-electron chi connectivity index (χ2n) is 10.1. The Labute approximate surface area is 145 Å². The van der Waals surface area contributed by atoms with Crippen molar-refractivity contribution in [2.75, 3.05) is 0 Å². The van der Waals surface area contributed by atoms with E-state index >= 15 is 0 Å². The van der Waals surface area contributed by atoms with Gasteiger partial charge in [-0.1, -0.05) is 19.0 Å². The maximum atomic E-state index is 11.0. The molecule has 3 nitrogen and oxygen atoms in total. The molecule has 3 heteroatoms. The number of nitrogens with zero attached hydrogens (tertiary/aromatic N) is 1. The molecule has 1 N–H and O–H groups in total. The van der Waals surface area contributed by atoms with E-state index < -0.39 is 5.60 Å². The van der Waals surface area contributed by atoms with Crippen LogP contribution >= 0.6 is 0 Å². The molecule has 132 valence electrons. The Morgan fingerprint density at radius 2 is 1.88 bits per heavy atom. The van der Waals surface area contributed by atoms with Gasteiger partial charge in [-0.05, 0) is 92.8 Å². The zero-order chi connectivity index (χ0) is 16.7. The first kappa shape index (κ1) is 15.4. The summed E-state index contributed by atoms with van der Waals surface area (Å²) in [5, 5.41) is 15.3. The van der Waals surface area contributed by atoms with E-state index in [0.717, 1.165) is 37.0 Å². The molecule has 0 saturated heterocycles. The van der Waals surface area contributed by atoms with E-state index in [1.54, 1.807) is 0 Å². The molecule has 4 aliphatic carbocycles. The molecule has 7 atom stereocenters. The minimum absolute atomic E-state index is 0.133. The molecule has 5 rings (SSSR count). The van der Waals surface area contributed by atoms with Crippen LogP contribution in [0.5, 0.6) is 0 Å². The first-order valence-corrected chi connectivity index (χ1v) is 10.00. The van der Waals surface area contributed by atoms with Gasteiger partial charge in [-0.25, -0.2) is 0 Å². The van der Waals surface area contributed by atoms with E-state index in [0.29, 0.717) is 11.3 Å². The average Bonchev–Trinajstić information content (AvgIpc) is 3.06. The molecule has 0 bridgehead atoms. The summed E-state index contributed by atoms with van der Waals surface area (Å²) in [7, 11) is 0. The molecule has 4 aliphatic rings. The number of hydrogen-bond acceptors (Lipinski definition) is 3. The lowest BCUT2D eigenvalue weighted by Crippen LogP contribution is -2.56. The summed E-state index contributed by atoms with van der Waals surface area (Å²) in [6.07, 6.45) is 11.6. The number of aromatic nitrogens is 1. The Balaban J connectivity index is 1.50. The lowest BCUT2D eigenvalue weighted by Gasteiger charge is -2.60. The standard InChI is InChI=1S/C21H31NO2/c1-19-11-13-12-24-22-18(13)10-14(19)4-5-15-16(19)6-8-20(2)17(15)7-9-21(20,3)23/h12,14-17,23H,4-11H2,1-3H3/t14-,15-,16+,17+,19+,20+,21+/m1/s1. The maximum absolute atomic E-state index is 11.0. The summed E-state index contributed by atoms with van der Waals surface area (Å²) in [6, 6.07) is 0. The fraction of sp³-hybridized carbons (Fsp3) is 0.857. The predicted octanol–water partition coefficient (Wildman–Crippen LogP) is 4.38. The molecule has 0 amide bonds. The largest absolute Gasteiger partial charge is 0.390 e. The Hall–Kier alpha value is -0.830. The minimum Gasteiger partial charge on any atom is -0.390 e. The van der Waals surface area contributed by atoms with Crippen LogP contribution in [0.2, 0.25) is 0 Å². The molecule has 0 aliphatic heterocycles. The van der Waals surface area contributed by atoms with Crippen molar-refractivity contribution < 1.29 is 9.63 Å². The van der Waals surface area contributed by atoms with Crippen LogP contribution in [-0.2, 0) is 12.8 Å². The summed E-state index contributed by atoms with van der Waals surface area (Å²) in [6.45, 7) is 7.04. The Bertz CT molecular complexity index is 665. The number of hydrogen-bond donors (Lipinski definition) is 1. The predicted molar refractivity (Wildman–Crippen MR) is 92.4 cm³/mol. The molecular weight excluding hydrogens is 298 g/mol. The number of fused-ring (bicyclic) bond motifs is 6. The van der Waals surface area contributed by atoms with Crippen LogP contribution in [0.4, 0.5) is 0 Å². The summed E-state index contributed by atoms with van der Waals surface area (Å²) < 4.78 is 5.28. The fourth-order valence-corrected chi connectivity index (χ4v) is 7.63. The first-order valence-electron chi connectivity index (χ1n) is 10.00. The highest BCUT2D eigenvalue weighted by Gasteiger charge is 2.63. The Morgan fingerprint density at radius 3 is 2.71 bits per heavy atom. The van der Waals surface area contributed by atoms with Crippen molar-refractivity contribution in [1.82, 2.24) is 5.16 Å². The molecule has 0 radical (unpaired) electrons. The average molecular weight is 329 g/mol. The summed E-state index contributed by atoms with van der Waals surface area (Å²) >= 11 is 0. The van der Waals surface area contributed by atoms with Crippen molar-refractivity contribution in [2.24, 2.45) is 34.5 Å². The fourth-order valence-electron chi connectivity index (χ4n) is 7.63. The third-order valence-corrected chi connectivity index (χ3v) is 9.37. The van der Waals surface area contributed by atoms with Crippen molar-refractivity contribution >= 4 is 0 Å². The number of rotatable bonds is 0. The van der Waals surface area contributed by atoms with Gasteiger partial charge in [-0.2, -0.15) is 0 Å². The Morgan fingerprint density at radius 1 is 1.08 bits per heavy atom. The van der Waals surface area contributed by atoms with Crippen LogP contribution in [0.15, 0.2) is 10.8 Å². The second-order valence-corrected chi connectivity index (χ2v) is 10.1. The van der Waals surface area contributed by atoms with Crippen molar-refractivity contribution in [3.8, 4) is 0 Å². The van der Waals surface area contributed by atoms with Gasteiger partial charge in [0.2, 0.25) is 0 Å². The second kappa shape index (κ2) is 4.66. The Kier molecular flexibility index (Phi) is 3.00. The minimum atomic E-state index is -0.464. The van der Waals surface area contributed by atoms with Gasteiger partial charge in [0.1, 0.15) is 6.26 Å². The third kappa shape index (κ3) is 1.75. The van der Waals surface area contributed by atoms with Crippen molar-refractivity contribution in [1.29, 1.82) is 0 Å². The zero-order valence-corrected chi connectivity index (χ0v) is 15.3. The van der Waals surface area contributed by atoms with Gasteiger partial charge in [0, 0.05) is 5.56 Å². The highest BCUT2D eigenvalue weighted by Crippen LogP contribution is 2.67. The normalized spacial score (nSPS) is 53.0. The SMILES string of the molecule is C[C@]12Cc3conc3C[C@H]1CC[C@@H]1[C@@H]2CC[C@@]2(C)[C@H]1CC[C@]2(C)O. The van der Waals surface area contributed by atoms with Gasteiger partial charge >= 0.3 is 0 Å². The molecule has 1 aromatic heterocycles. The topological polar surface area (TPSA) is 46.3 Å². The first-order chi connectivity index (χ1) is 11.4. The lowest BCUT2D eigenvalue weighted by atomic mass is 9.44. The van der Waals surface area contributed by atoms with Gasteiger partial charge in [0.15, 0.2) is 0 Å². The number of aliphatic hydroxyl groups is 1. The maximum Gasteiger partial charge on any atom is 0.127 e. The third-order valence-electron chi connectivity index (χ3n) is 9.37. The van der Waals surface area contributed by atoms with Crippen LogP contribution in [0.1, 0.15) is 70.6 Å². The van der Waals surface area contributed by atoms with E-state index in [-0.39, 0.29) is 5.41 Å². The van der Waals surface area contributed by atoms with Crippen LogP contribution in [0, 0.1) is 34.5 Å². The van der Waals surface area contributed by atoms with E-state index in [1.807, 2.05) is 6.26 Å². The van der Waals surface area contributed by atoms with Crippen molar-refractivity contribution in [2.45, 2.75) is 77.7 Å². The summed E-state index contributed by atoms with van der Waals surface area (Å²) in [5.41, 5.74) is 2.65. The summed E-state index contributed by atoms with van der Waals surface area (Å²) in [4.78, 5) is 0. The smallest absolute Gasteiger partial charge is 0.127 e. The van der Waals surface area contributed by atoms with E-state index in [1.165, 1.54) is 43.4 Å². The zero-order valence-electron chi connectivity index (χ0n) is 15.3. The van der Waals surface area contributed by atoms with Gasteiger partial charge in [0.05, 0.1) is 11.3 Å². The van der Waals surface area contributed by atoms with E-state index in [4.69, 9.17) is 4.52 Å². The van der Waals surface area contributed by atoms with Crippen LogP contribution in [-0.4, -0.2) is 15.9 Å². The molecule has 24 heavy (non-hydrogen) atoms. The van der Waals surface area contributed by atoms with Gasteiger partial charge in [-0.15, -0.1) is 0 Å². The molecule has 1 aromatic rings. The van der Waals surface area contributed by atoms with Gasteiger partial charge in [-0.3, -0.25) is 0 Å². The molecule has 3 saturated carbocycles. The highest BCUT2D eigenvalue weighted by molar-refractivity contribution is 5.25. The van der Waals surface area contributed by atoms with Gasteiger partial charge in [0.25, 0.3) is 0 Å². The van der Waals surface area contributed by atoms with Crippen LogP contribution in [0.25, 0.3) is 0 Å². The van der Waals surface area contributed by atoms with E-state index in [9.17, 15) is 5.11 Å². The molecule has 0 aromatic carbocycles.